The molecule has 3 rings (SSSR count). The van der Waals surface area contributed by atoms with E-state index in [9.17, 15) is 9.59 Å². The van der Waals surface area contributed by atoms with E-state index in [1.807, 2.05) is 19.1 Å². The summed E-state index contributed by atoms with van der Waals surface area (Å²) in [6, 6.07) is 12.2. The van der Waals surface area contributed by atoms with Crippen LogP contribution >= 0.6 is 11.6 Å². The molecule has 0 aliphatic carbocycles. The molecule has 0 N–H and O–H groups in total. The molecule has 0 unspecified atom stereocenters. The zero-order chi connectivity index (χ0) is 20.3. The number of benzene rings is 2. The average molecular weight is 399 g/mol. The summed E-state index contributed by atoms with van der Waals surface area (Å²) < 4.78 is 12.1. The Balaban J connectivity index is 2.12. The highest BCUT2D eigenvalue weighted by atomic mass is 35.5. The highest BCUT2D eigenvalue weighted by Gasteiger charge is 2.22. The molecule has 0 atom stereocenters. The van der Waals surface area contributed by atoms with E-state index in [1.54, 1.807) is 42.0 Å². The highest BCUT2D eigenvalue weighted by Crippen LogP contribution is 2.31. The zero-order valence-corrected chi connectivity index (χ0v) is 16.6. The summed E-state index contributed by atoms with van der Waals surface area (Å²) in [5, 5.41) is 1.34. The lowest BCUT2D eigenvalue weighted by Crippen LogP contribution is -2.14. The molecule has 0 saturated carbocycles. The van der Waals surface area contributed by atoms with Crippen LogP contribution in [0.15, 0.2) is 42.5 Å². The summed E-state index contributed by atoms with van der Waals surface area (Å²) in [5.74, 6) is 0.102. The quantitative estimate of drug-likeness (QED) is 0.569. The number of hydrogen-bond donors (Lipinski definition) is 0. The maximum Gasteiger partial charge on any atom is 0.310 e. The van der Waals surface area contributed by atoms with E-state index < -0.39 is 0 Å². The Bertz CT molecular complexity index is 1020. The SMILES string of the molecule is [CH2]CCOC(=O)Cc1c(C)n(C(=O)c2ccc(Cl)cc2)c2ccc(OC)cc12. The molecule has 28 heavy (non-hydrogen) atoms. The third-order valence-corrected chi connectivity index (χ3v) is 4.82. The Hall–Kier alpha value is -2.79. The van der Waals surface area contributed by atoms with Crippen LogP contribution in [0.3, 0.4) is 0 Å². The summed E-state index contributed by atoms with van der Waals surface area (Å²) in [7, 11) is 1.58. The molecule has 0 spiro atoms. The number of ether oxygens (including phenoxy) is 2. The Morgan fingerprint density at radius 3 is 2.50 bits per heavy atom. The molecule has 0 aliphatic heterocycles. The van der Waals surface area contributed by atoms with Gasteiger partial charge in [0, 0.05) is 21.7 Å². The van der Waals surface area contributed by atoms with Crippen molar-refractivity contribution in [1.29, 1.82) is 0 Å². The number of nitrogens with zero attached hydrogens (tertiary/aromatic N) is 1. The van der Waals surface area contributed by atoms with Gasteiger partial charge in [0.2, 0.25) is 0 Å². The number of halogens is 1. The van der Waals surface area contributed by atoms with E-state index in [0.29, 0.717) is 34.0 Å². The van der Waals surface area contributed by atoms with E-state index in [2.05, 4.69) is 6.92 Å². The second kappa shape index (κ2) is 8.48. The molecule has 0 aliphatic rings. The van der Waals surface area contributed by atoms with Crippen LogP contribution < -0.4 is 4.74 Å². The monoisotopic (exact) mass is 398 g/mol. The van der Waals surface area contributed by atoms with Crippen molar-refractivity contribution in [3.8, 4) is 5.75 Å². The summed E-state index contributed by atoms with van der Waals surface area (Å²) >= 11 is 5.94. The van der Waals surface area contributed by atoms with E-state index in [1.165, 1.54) is 0 Å². The van der Waals surface area contributed by atoms with Gasteiger partial charge in [-0.3, -0.25) is 14.2 Å². The molecule has 0 fully saturated rings. The topological polar surface area (TPSA) is 57.5 Å². The third kappa shape index (κ3) is 3.90. The second-order valence-corrected chi connectivity index (χ2v) is 6.78. The van der Waals surface area contributed by atoms with Gasteiger partial charge in [0.05, 0.1) is 25.7 Å². The lowest BCUT2D eigenvalue weighted by atomic mass is 10.1. The maximum absolute atomic E-state index is 13.2. The van der Waals surface area contributed by atoms with Gasteiger partial charge in [-0.1, -0.05) is 11.6 Å². The summed E-state index contributed by atoms with van der Waals surface area (Å²) in [4.78, 5) is 25.4. The van der Waals surface area contributed by atoms with Crippen LogP contribution in [0, 0.1) is 13.8 Å². The van der Waals surface area contributed by atoms with E-state index >= 15 is 0 Å². The molecule has 6 heteroatoms. The molecule has 0 saturated heterocycles. The third-order valence-electron chi connectivity index (χ3n) is 4.56. The Morgan fingerprint density at radius 1 is 1.14 bits per heavy atom. The summed E-state index contributed by atoms with van der Waals surface area (Å²) in [5.41, 5.74) is 2.64. The van der Waals surface area contributed by atoms with Gasteiger partial charge in [0.1, 0.15) is 5.75 Å². The first-order chi connectivity index (χ1) is 13.5. The minimum Gasteiger partial charge on any atom is -0.497 e. The molecule has 0 bridgehead atoms. The summed E-state index contributed by atoms with van der Waals surface area (Å²) in [6.45, 7) is 5.76. The van der Waals surface area contributed by atoms with Crippen LogP contribution in [-0.4, -0.2) is 30.2 Å². The highest BCUT2D eigenvalue weighted by molar-refractivity contribution is 6.30. The fourth-order valence-electron chi connectivity index (χ4n) is 3.18. The first-order valence-corrected chi connectivity index (χ1v) is 9.27. The van der Waals surface area contributed by atoms with Crippen LogP contribution in [0.5, 0.6) is 5.75 Å². The largest absolute Gasteiger partial charge is 0.497 e. The van der Waals surface area contributed by atoms with Gasteiger partial charge >= 0.3 is 5.97 Å². The first kappa shape index (κ1) is 20.0. The molecule has 1 heterocycles. The number of rotatable bonds is 6. The van der Waals surface area contributed by atoms with Crippen molar-refractivity contribution >= 4 is 34.4 Å². The average Bonchev–Trinajstić information content (AvgIpc) is 2.97. The molecule has 2 aromatic carbocycles. The molecule has 1 aromatic heterocycles. The minimum atomic E-state index is -0.354. The standard InChI is InChI=1S/C22H21ClNO4/c1-4-11-28-21(25)13-18-14(2)24(20-10-9-17(27-3)12-19(18)20)22(26)15-5-7-16(23)8-6-15/h5-10,12H,1,4,11,13H2,2-3H3. The fraction of sp³-hybridized carbons (Fsp3) is 0.227. The van der Waals surface area contributed by atoms with Crippen molar-refractivity contribution in [1.82, 2.24) is 4.57 Å². The van der Waals surface area contributed by atoms with Crippen molar-refractivity contribution in [2.75, 3.05) is 13.7 Å². The molecule has 145 valence electrons. The van der Waals surface area contributed by atoms with Crippen LogP contribution in [0.4, 0.5) is 0 Å². The Labute approximate surface area is 168 Å². The fourth-order valence-corrected chi connectivity index (χ4v) is 3.30. The smallest absolute Gasteiger partial charge is 0.310 e. The first-order valence-electron chi connectivity index (χ1n) is 8.89. The predicted octanol–water partition coefficient (Wildman–Crippen LogP) is 4.61. The molecule has 3 aromatic rings. The Kier molecular flexibility index (Phi) is 6.05. The van der Waals surface area contributed by atoms with Crippen molar-refractivity contribution in [2.24, 2.45) is 0 Å². The van der Waals surface area contributed by atoms with Crippen molar-refractivity contribution < 1.29 is 19.1 Å². The van der Waals surface area contributed by atoms with Gasteiger partial charge in [0.25, 0.3) is 5.91 Å². The molecule has 0 amide bonds. The second-order valence-electron chi connectivity index (χ2n) is 6.35. The van der Waals surface area contributed by atoms with Crippen LogP contribution in [0.25, 0.3) is 10.9 Å². The van der Waals surface area contributed by atoms with Crippen molar-refractivity contribution in [3.63, 3.8) is 0 Å². The number of esters is 1. The van der Waals surface area contributed by atoms with Gasteiger partial charge in [-0.15, -0.1) is 0 Å². The van der Waals surface area contributed by atoms with Gasteiger partial charge in [0.15, 0.2) is 0 Å². The summed E-state index contributed by atoms with van der Waals surface area (Å²) in [6.07, 6.45) is 0.575. The van der Waals surface area contributed by atoms with Crippen molar-refractivity contribution in [3.05, 3.63) is 71.2 Å². The van der Waals surface area contributed by atoms with Crippen LogP contribution in [0.2, 0.25) is 5.02 Å². The molecular weight excluding hydrogens is 378 g/mol. The minimum absolute atomic E-state index is 0.0659. The maximum atomic E-state index is 13.2. The number of carbonyl (C=O) groups excluding carboxylic acids is 2. The van der Waals surface area contributed by atoms with Crippen molar-refractivity contribution in [2.45, 2.75) is 19.8 Å². The van der Waals surface area contributed by atoms with E-state index in [4.69, 9.17) is 21.1 Å². The number of methoxy groups -OCH3 is 1. The number of carbonyl (C=O) groups is 2. The number of aromatic nitrogens is 1. The number of hydrogen-bond acceptors (Lipinski definition) is 4. The molecular formula is C22H21ClNO4. The zero-order valence-electron chi connectivity index (χ0n) is 15.8. The number of fused-ring (bicyclic) bond motifs is 1. The van der Waals surface area contributed by atoms with Gasteiger partial charge < -0.3 is 9.47 Å². The Morgan fingerprint density at radius 2 is 1.86 bits per heavy atom. The van der Waals surface area contributed by atoms with E-state index in [0.717, 1.165) is 10.9 Å². The van der Waals surface area contributed by atoms with Crippen LogP contribution in [0.1, 0.15) is 28.0 Å². The van der Waals surface area contributed by atoms with Gasteiger partial charge in [-0.05, 0) is 68.3 Å². The molecule has 5 nitrogen and oxygen atoms in total. The lowest BCUT2D eigenvalue weighted by molar-refractivity contribution is -0.142. The molecule has 1 radical (unpaired) electrons. The van der Waals surface area contributed by atoms with Crippen LogP contribution in [-0.2, 0) is 16.0 Å². The lowest BCUT2D eigenvalue weighted by Gasteiger charge is -2.08. The van der Waals surface area contributed by atoms with Gasteiger partial charge in [-0.2, -0.15) is 0 Å². The predicted molar refractivity (Wildman–Crippen MR) is 109 cm³/mol. The normalized spacial score (nSPS) is 10.9. The van der Waals surface area contributed by atoms with Gasteiger partial charge in [-0.25, -0.2) is 0 Å². The van der Waals surface area contributed by atoms with E-state index in [-0.39, 0.29) is 24.9 Å².